The molecule has 0 amide bonds. The maximum absolute atomic E-state index is 6.84. The van der Waals surface area contributed by atoms with Gasteiger partial charge in [0.15, 0.2) is 142 Å². The van der Waals surface area contributed by atoms with Crippen molar-refractivity contribution in [3.63, 3.8) is 0 Å². The Hall–Kier alpha value is -7.70. The van der Waals surface area contributed by atoms with Gasteiger partial charge in [-0.05, 0) is 119 Å². The zero-order chi connectivity index (χ0) is 70.7. The van der Waals surface area contributed by atoms with E-state index in [0.717, 1.165) is 0 Å². The molecule has 0 fully saturated rings. The van der Waals surface area contributed by atoms with Crippen LogP contribution in [-0.2, 0) is 75.9 Å². The number of hydrogen-bond donors (Lipinski definition) is 0. The second-order valence-electron chi connectivity index (χ2n) is 25.3. The molecule has 570 valence electrons. The number of pyridine rings is 8. The summed E-state index contributed by atoms with van der Waals surface area (Å²) in [5.41, 5.74) is 2.97. The Labute approximate surface area is 798 Å². The molecule has 0 N–H and O–H groups in total. The van der Waals surface area contributed by atoms with Crippen molar-refractivity contribution in [1.29, 1.82) is 0 Å². The van der Waals surface area contributed by atoms with E-state index < -0.39 is 0 Å². The van der Waals surface area contributed by atoms with E-state index in [1.54, 1.807) is 0 Å². The number of benzene rings is 4. The Bertz CT molecular complexity index is 5500. The van der Waals surface area contributed by atoms with Crippen LogP contribution in [0.1, 0.15) is 0 Å². The van der Waals surface area contributed by atoms with Gasteiger partial charge in [0.2, 0.25) is 49.6 Å². The molecule has 4 aromatic carbocycles. The van der Waals surface area contributed by atoms with Crippen molar-refractivity contribution in [2.45, 2.75) is 0 Å². The zero-order valence-corrected chi connectivity index (χ0v) is 81.5. The quantitative estimate of drug-likeness (QED) is 0.0500. The molecular formula is C80H64I8N16O8Zn. The molecule has 0 radical (unpaired) electrons. The Morgan fingerprint density at radius 2 is 0.372 bits per heavy atom. The molecule has 0 spiro atoms. The summed E-state index contributed by atoms with van der Waals surface area (Å²) in [5.74, 6) is 8.00. The summed E-state index contributed by atoms with van der Waals surface area (Å²) in [7, 11) is 15.4. The number of halogens is 8. The first-order valence-corrected chi connectivity index (χ1v) is 33.1. The van der Waals surface area contributed by atoms with Crippen LogP contribution < -0.4 is 276 Å². The largest absolute Gasteiger partial charge is 2.00 e. The van der Waals surface area contributed by atoms with Gasteiger partial charge in [-0.25, -0.2) is 46.5 Å². The summed E-state index contributed by atoms with van der Waals surface area (Å²) in [6.07, 6.45) is 30.4. The standard InChI is InChI=1S/C80H64N16O8.8HI.Zn/c1-89-25-9-17-49(41-89)97-65-33-57-58(34-66(65)98-50-18-10-26-90(2)42-50)74-81-73(57)85-75-59-35-67(99-51-19-11-27-91(3)43-51)68(100-52-20-12-28-92(4)44-52)36-60(59)77(82-75)87-79-63-39-71(103-55-23-15-31-95(7)47-55)72(104-56-24-16-32-96(8)48-56)40-64(63)80(84-79)88-78-62-38-70(102-54-22-14-30-94(6)46-54)69(37-61(62)76(83-78)86-74)101-53-21-13-29-93(5)45-53;;;;;;;;;/h9-48H,1-8H3;8*1H;/q+6;;;;;;;;;+2/p-8. The molecular weight excluding hydrogens is 2390 g/mol. The molecule has 0 saturated heterocycles. The smallest absolute Gasteiger partial charge is 1.00 e. The molecule has 113 heavy (non-hydrogen) atoms. The maximum atomic E-state index is 6.84. The fourth-order valence-electron chi connectivity index (χ4n) is 12.3. The van der Waals surface area contributed by atoms with E-state index in [-0.39, 0.29) is 257 Å². The molecule has 11 aromatic heterocycles. The van der Waals surface area contributed by atoms with Gasteiger partial charge in [0.25, 0.3) is 0 Å². The molecule has 24 nitrogen and oxygen atoms in total. The van der Waals surface area contributed by atoms with Crippen LogP contribution in [-0.4, -0.2) is 29.9 Å². The van der Waals surface area contributed by atoms with Gasteiger partial charge in [0, 0.05) is 93.4 Å². The number of ether oxygens (including phenoxy) is 8. The summed E-state index contributed by atoms with van der Waals surface area (Å²) in [6.45, 7) is 0. The minimum absolute atomic E-state index is 0. The van der Waals surface area contributed by atoms with Crippen LogP contribution in [0.15, 0.2) is 245 Å². The minimum Gasteiger partial charge on any atom is -1.00 e. The third kappa shape index (κ3) is 20.2. The number of hydrogen-bond acceptors (Lipinski definition) is 14. The third-order valence-electron chi connectivity index (χ3n) is 17.1. The Kier molecular flexibility index (Phi) is 31.6. The summed E-state index contributed by atoms with van der Waals surface area (Å²) in [5, 5.41) is 2.10. The monoisotopic (exact) mass is 2460 g/mol. The van der Waals surface area contributed by atoms with E-state index in [1.807, 2.05) is 338 Å². The first-order valence-electron chi connectivity index (χ1n) is 33.1. The van der Waals surface area contributed by atoms with Crippen molar-refractivity contribution in [2.75, 3.05) is 0 Å². The summed E-state index contributed by atoms with van der Waals surface area (Å²) in [6, 6.07) is 45.0. The first kappa shape index (κ1) is 90.8. The van der Waals surface area contributed by atoms with Gasteiger partial charge in [-0.1, -0.05) is 0 Å². The predicted octanol–water partition coefficient (Wildman–Crippen LogP) is -12.9. The Balaban J connectivity index is 0.00000178. The van der Waals surface area contributed by atoms with Gasteiger partial charge >= 0.3 is 19.5 Å². The van der Waals surface area contributed by atoms with Crippen LogP contribution in [0.2, 0.25) is 0 Å². The van der Waals surface area contributed by atoms with Crippen molar-refractivity contribution < 1.29 is 286 Å². The average Bonchev–Trinajstić information content (AvgIpc) is 1.59. The van der Waals surface area contributed by atoms with E-state index >= 15 is 0 Å². The van der Waals surface area contributed by atoms with Crippen LogP contribution in [0.5, 0.6) is 92.0 Å². The number of nitrogens with zero attached hydrogens (tertiary/aromatic N) is 16. The van der Waals surface area contributed by atoms with Gasteiger partial charge in [0.1, 0.15) is 56.4 Å². The first-order chi connectivity index (χ1) is 50.6. The number of aryl methyl sites for hydroxylation is 8. The maximum Gasteiger partial charge on any atom is 2.00 e. The molecule has 0 atom stereocenters. The Morgan fingerprint density at radius 1 is 0.221 bits per heavy atom. The van der Waals surface area contributed by atoms with Crippen molar-refractivity contribution in [3.8, 4) is 138 Å². The van der Waals surface area contributed by atoms with Gasteiger partial charge in [0.05, 0.1) is 23.3 Å². The van der Waals surface area contributed by atoms with Crippen LogP contribution in [0.3, 0.4) is 0 Å². The normalized spacial score (nSPS) is 10.5. The van der Waals surface area contributed by atoms with Gasteiger partial charge < -0.3 is 260 Å². The van der Waals surface area contributed by atoms with Crippen LogP contribution in [0, 0.1) is 0 Å². The predicted molar refractivity (Wildman–Crippen MR) is 376 cm³/mol. The van der Waals surface area contributed by atoms with E-state index in [1.165, 1.54) is 0 Å². The van der Waals surface area contributed by atoms with Crippen molar-refractivity contribution in [2.24, 2.45) is 56.4 Å². The second-order valence-corrected chi connectivity index (χ2v) is 25.3. The van der Waals surface area contributed by atoms with Crippen LogP contribution >= 0.6 is 0 Å². The average molecular weight is 2460 g/mol. The third-order valence-corrected chi connectivity index (χ3v) is 17.1. The SMILES string of the molecule is C[n+]1cccc(Oc2cc3c(cc2Oc2ccc[n+](C)c2)-c2nc-3nc3[n-]c(nc4nc(nc5[n-]c(n2)c2cc(Oc6ccc[n+](C)c6)c(Oc6ccc[n+](C)c6)cc52)-c2cc(Oc5ccc[n+](C)c5)c(Oc5ccc[n+](C)c5)cc2-4)c2cc(Oc4ccc[n+](C)c4)c(Oc4ccc[n+](C)c4)cc32)c1.[I-].[I-].[I-].[I-].[I-].[I-].[I-].[I-].[Zn+2]. The van der Waals surface area contributed by atoms with Crippen LogP contribution in [0.25, 0.3) is 89.7 Å². The molecule has 0 aliphatic carbocycles. The van der Waals surface area contributed by atoms with Gasteiger partial charge in [-0.3, -0.25) is 0 Å². The van der Waals surface area contributed by atoms with E-state index in [2.05, 4.69) is 0 Å². The van der Waals surface area contributed by atoms with Gasteiger partial charge in [-0.15, -0.1) is 0 Å². The number of aromatic nitrogens is 16. The van der Waals surface area contributed by atoms with E-state index in [4.69, 9.17) is 77.8 Å². The molecule has 15 aromatic rings. The topological polar surface area (TPSA) is 210 Å². The molecule has 0 saturated carbocycles. The molecule has 2 aliphatic rings. The van der Waals surface area contributed by atoms with Crippen molar-refractivity contribution in [1.82, 2.24) is 39.9 Å². The van der Waals surface area contributed by atoms with E-state index in [9.17, 15) is 0 Å². The van der Waals surface area contributed by atoms with Gasteiger partial charge in [-0.2, -0.15) is 0 Å². The van der Waals surface area contributed by atoms with Crippen molar-refractivity contribution in [3.05, 3.63) is 245 Å². The fourth-order valence-corrected chi connectivity index (χ4v) is 12.3. The Morgan fingerprint density at radius 3 is 0.522 bits per heavy atom. The zero-order valence-electron chi connectivity index (χ0n) is 61.2. The molecule has 0 unspecified atom stereocenters. The molecule has 2 aliphatic heterocycles. The molecule has 13 heterocycles. The summed E-state index contributed by atoms with van der Waals surface area (Å²) >= 11 is 0. The summed E-state index contributed by atoms with van der Waals surface area (Å²) < 4.78 is 70.0. The molecule has 8 bridgehead atoms. The fraction of sp³-hybridized carbons (Fsp3) is 0.100. The minimum atomic E-state index is 0. The van der Waals surface area contributed by atoms with E-state index in [0.29, 0.717) is 136 Å². The van der Waals surface area contributed by atoms with Crippen molar-refractivity contribution >= 4 is 44.1 Å². The number of rotatable bonds is 16. The second kappa shape index (κ2) is 39.3. The molecule has 33 heteroatoms. The summed E-state index contributed by atoms with van der Waals surface area (Å²) in [4.78, 5) is 43.5. The molecule has 17 rings (SSSR count). The van der Waals surface area contributed by atoms with Crippen LogP contribution in [0.4, 0.5) is 0 Å². The number of fused-ring (bicyclic) bond motifs is 20.